The Morgan fingerprint density at radius 1 is 1.12 bits per heavy atom. The number of carbonyl (C=O) groups excluding carboxylic acids is 1. The summed E-state index contributed by atoms with van der Waals surface area (Å²) in [6, 6.07) is 5.52. The number of nitrogens with one attached hydrogen (secondary N) is 2. The van der Waals surface area contributed by atoms with Crippen LogP contribution >= 0.6 is 11.6 Å². The summed E-state index contributed by atoms with van der Waals surface area (Å²) in [5, 5.41) is -0.350. The van der Waals surface area contributed by atoms with Crippen molar-refractivity contribution in [3.63, 3.8) is 0 Å². The zero-order valence-corrected chi connectivity index (χ0v) is 23.6. The molecule has 0 bridgehead atoms. The van der Waals surface area contributed by atoms with Crippen LogP contribution in [0.3, 0.4) is 0 Å². The number of hydrogen-bond donors (Lipinski definition) is 2. The molecule has 1 aromatic heterocycles. The van der Waals surface area contributed by atoms with Crippen LogP contribution in [0.4, 0.5) is 18.0 Å². The van der Waals surface area contributed by atoms with E-state index in [1.54, 1.807) is 30.7 Å². The molecule has 0 unspecified atom stereocenters. The second kappa shape index (κ2) is 15.8. The minimum Gasteiger partial charge on any atom is -0.491 e. The number of nitrogens with zero attached hydrogens (tertiary/aromatic N) is 1. The van der Waals surface area contributed by atoms with Gasteiger partial charge in [0.15, 0.2) is 0 Å². The number of ether oxygens (including phenoxy) is 5. The van der Waals surface area contributed by atoms with E-state index in [0.29, 0.717) is 30.2 Å². The van der Waals surface area contributed by atoms with Crippen LogP contribution < -0.4 is 18.9 Å². The Labute approximate surface area is 235 Å². The number of rotatable bonds is 16. The average Bonchev–Trinajstić information content (AvgIpc) is 2.86. The SMILES string of the molecule is COCCOc1ccc(CCCOC(=O)NS(=O)(=O)NCCOC(C)C)c(Oc2ncc(C(F)(F)F)cc2Cl)c1. The number of carbonyl (C=O) groups is 1. The Hall–Kier alpha value is -2.85. The van der Waals surface area contributed by atoms with Crippen LogP contribution in [0.25, 0.3) is 0 Å². The predicted molar refractivity (Wildman–Crippen MR) is 139 cm³/mol. The number of benzene rings is 1. The van der Waals surface area contributed by atoms with Crippen molar-refractivity contribution in [3.8, 4) is 17.4 Å². The first-order valence-electron chi connectivity index (χ1n) is 12.0. The van der Waals surface area contributed by atoms with Crippen LogP contribution in [-0.2, 0) is 37.0 Å². The van der Waals surface area contributed by atoms with Crippen molar-refractivity contribution in [1.82, 2.24) is 14.4 Å². The van der Waals surface area contributed by atoms with Crippen molar-refractivity contribution in [2.75, 3.05) is 40.1 Å². The van der Waals surface area contributed by atoms with Gasteiger partial charge in [0.2, 0.25) is 5.88 Å². The molecule has 224 valence electrons. The standard InChI is InChI=1S/C24H31ClF3N3O8S/c1-16(2)36-10-8-30-40(33,34)31-23(32)38-9-4-5-17-6-7-19(37-12-11-35-3)14-21(17)39-22-20(25)13-18(15-29-22)24(26,27)28/h6-7,13-16,30H,4-5,8-12H2,1-3H3,(H,31,32). The third-order valence-corrected chi connectivity index (χ3v) is 6.11. The first kappa shape index (κ1) is 33.4. The first-order valence-corrected chi connectivity index (χ1v) is 13.9. The van der Waals surface area contributed by atoms with Gasteiger partial charge in [0.05, 0.1) is 31.5 Å². The summed E-state index contributed by atoms with van der Waals surface area (Å²) in [4.78, 5) is 15.6. The van der Waals surface area contributed by atoms with Crippen molar-refractivity contribution in [2.24, 2.45) is 0 Å². The highest BCUT2D eigenvalue weighted by Crippen LogP contribution is 2.36. The number of aromatic nitrogens is 1. The summed E-state index contributed by atoms with van der Waals surface area (Å²) in [6.45, 7) is 4.09. The molecule has 2 N–H and O–H groups in total. The number of methoxy groups -OCH3 is 1. The van der Waals surface area contributed by atoms with E-state index < -0.39 is 28.0 Å². The summed E-state index contributed by atoms with van der Waals surface area (Å²) in [5.74, 6) is 0.340. The summed E-state index contributed by atoms with van der Waals surface area (Å²) in [6.07, 6.45) is -4.74. The predicted octanol–water partition coefficient (Wildman–Crippen LogP) is 4.49. The molecule has 16 heteroatoms. The lowest BCUT2D eigenvalue weighted by atomic mass is 10.1. The van der Waals surface area contributed by atoms with E-state index in [0.717, 1.165) is 0 Å². The Morgan fingerprint density at radius 2 is 1.88 bits per heavy atom. The fourth-order valence-corrected chi connectivity index (χ4v) is 3.91. The molecule has 0 aliphatic heterocycles. The summed E-state index contributed by atoms with van der Waals surface area (Å²) < 4.78 is 92.9. The second-order valence-corrected chi connectivity index (χ2v) is 10.3. The Morgan fingerprint density at radius 3 is 2.52 bits per heavy atom. The molecule has 0 atom stereocenters. The number of halogens is 4. The van der Waals surface area contributed by atoms with Crippen molar-refractivity contribution >= 4 is 27.9 Å². The van der Waals surface area contributed by atoms with E-state index in [9.17, 15) is 26.4 Å². The van der Waals surface area contributed by atoms with Gasteiger partial charge < -0.3 is 23.7 Å². The van der Waals surface area contributed by atoms with Crippen LogP contribution in [0.1, 0.15) is 31.4 Å². The highest BCUT2D eigenvalue weighted by Gasteiger charge is 2.32. The maximum absolute atomic E-state index is 13.0. The molecule has 0 aliphatic rings. The molecule has 40 heavy (non-hydrogen) atoms. The topological polar surface area (TPSA) is 134 Å². The lowest BCUT2D eigenvalue weighted by Crippen LogP contribution is -2.42. The lowest BCUT2D eigenvalue weighted by Gasteiger charge is -2.15. The molecule has 0 aliphatic carbocycles. The largest absolute Gasteiger partial charge is 0.491 e. The fourth-order valence-electron chi connectivity index (χ4n) is 3.00. The molecule has 0 fully saturated rings. The molecule has 0 spiro atoms. The molecule has 2 rings (SSSR count). The molecule has 1 amide bonds. The highest BCUT2D eigenvalue weighted by atomic mass is 35.5. The molecule has 0 saturated carbocycles. The third-order valence-electron chi connectivity index (χ3n) is 4.82. The van der Waals surface area contributed by atoms with E-state index in [1.807, 2.05) is 0 Å². The number of amides is 1. The van der Waals surface area contributed by atoms with Crippen molar-refractivity contribution < 1.29 is 50.1 Å². The Kier molecular flexibility index (Phi) is 13.2. The van der Waals surface area contributed by atoms with E-state index in [-0.39, 0.29) is 62.0 Å². The Balaban J connectivity index is 2.01. The van der Waals surface area contributed by atoms with Gasteiger partial charge in [-0.1, -0.05) is 17.7 Å². The third kappa shape index (κ3) is 12.1. The molecular weight excluding hydrogens is 583 g/mol. The summed E-state index contributed by atoms with van der Waals surface area (Å²) in [7, 11) is -2.62. The maximum atomic E-state index is 13.0. The van der Waals surface area contributed by atoms with Gasteiger partial charge >= 0.3 is 22.5 Å². The zero-order valence-electron chi connectivity index (χ0n) is 22.0. The summed E-state index contributed by atoms with van der Waals surface area (Å²) >= 11 is 5.99. The van der Waals surface area contributed by atoms with Gasteiger partial charge in [-0.3, -0.25) is 0 Å². The van der Waals surface area contributed by atoms with Gasteiger partial charge in [-0.25, -0.2) is 14.5 Å². The molecular formula is C24H31ClF3N3O8S. The van der Waals surface area contributed by atoms with E-state index in [4.69, 9.17) is 35.3 Å². The minimum atomic E-state index is -4.63. The molecule has 2 aromatic rings. The van der Waals surface area contributed by atoms with Crippen molar-refractivity contribution in [1.29, 1.82) is 0 Å². The lowest BCUT2D eigenvalue weighted by molar-refractivity contribution is -0.137. The number of alkyl halides is 3. The zero-order chi connectivity index (χ0) is 29.8. The Bertz CT molecular complexity index is 1220. The van der Waals surface area contributed by atoms with Crippen LogP contribution in [0.5, 0.6) is 17.4 Å². The molecule has 0 saturated heterocycles. The number of pyridine rings is 1. The van der Waals surface area contributed by atoms with Crippen LogP contribution in [0.2, 0.25) is 5.02 Å². The van der Waals surface area contributed by atoms with Gasteiger partial charge in [0, 0.05) is 25.9 Å². The fraction of sp³-hybridized carbons (Fsp3) is 0.500. The van der Waals surface area contributed by atoms with Gasteiger partial charge in [-0.2, -0.15) is 26.3 Å². The smallest absolute Gasteiger partial charge is 0.421 e. The normalized spacial score (nSPS) is 11.9. The van der Waals surface area contributed by atoms with Crippen LogP contribution in [0, 0.1) is 0 Å². The van der Waals surface area contributed by atoms with E-state index in [1.165, 1.54) is 13.2 Å². The van der Waals surface area contributed by atoms with Crippen molar-refractivity contribution in [3.05, 3.63) is 46.6 Å². The van der Waals surface area contributed by atoms with Crippen molar-refractivity contribution in [2.45, 2.75) is 39.0 Å². The second-order valence-electron chi connectivity index (χ2n) is 8.38. The van der Waals surface area contributed by atoms with Gasteiger partial charge in [-0.05, 0) is 44.4 Å². The van der Waals surface area contributed by atoms with Gasteiger partial charge in [0.1, 0.15) is 23.1 Å². The van der Waals surface area contributed by atoms with Gasteiger partial charge in [0.25, 0.3) is 0 Å². The summed E-state index contributed by atoms with van der Waals surface area (Å²) in [5.41, 5.74) is -0.460. The van der Waals surface area contributed by atoms with Crippen LogP contribution in [0.15, 0.2) is 30.5 Å². The number of hydrogen-bond acceptors (Lipinski definition) is 9. The maximum Gasteiger partial charge on any atom is 0.421 e. The first-order chi connectivity index (χ1) is 18.8. The van der Waals surface area contributed by atoms with Gasteiger partial charge in [-0.15, -0.1) is 0 Å². The monoisotopic (exact) mass is 613 g/mol. The molecule has 1 aromatic carbocycles. The molecule has 1 heterocycles. The van der Waals surface area contributed by atoms with E-state index in [2.05, 4.69) is 9.71 Å². The quantitative estimate of drug-likeness (QED) is 0.263. The number of aryl methyl sites for hydroxylation is 1. The minimum absolute atomic E-state index is 0.0352. The van der Waals surface area contributed by atoms with E-state index >= 15 is 0 Å². The molecule has 11 nitrogen and oxygen atoms in total. The van der Waals surface area contributed by atoms with Crippen LogP contribution in [-0.4, -0.2) is 65.7 Å². The highest BCUT2D eigenvalue weighted by molar-refractivity contribution is 7.88. The molecule has 0 radical (unpaired) electrons. The average molecular weight is 614 g/mol.